The number of hydrogen-bond donors (Lipinski definition) is 2. The number of carbonyl (C=O) groups is 3. The van der Waals surface area contributed by atoms with Crippen LogP contribution in [-0.2, 0) is 14.4 Å². The Labute approximate surface area is 183 Å². The Morgan fingerprint density at radius 1 is 1.21 bits per heavy atom. The van der Waals surface area contributed by atoms with Gasteiger partial charge in [-0.2, -0.15) is 0 Å². The van der Waals surface area contributed by atoms with Crippen LogP contribution in [0.4, 0.5) is 0 Å². The zero-order chi connectivity index (χ0) is 21.3. The molecule has 1 atom stereocenters. The van der Waals surface area contributed by atoms with E-state index in [0.29, 0.717) is 27.1 Å². The molecule has 1 aromatic carbocycles. The number of hydrogen-bond acceptors (Lipinski definition) is 6. The van der Waals surface area contributed by atoms with Crippen molar-refractivity contribution in [3.05, 3.63) is 51.0 Å². The Hall–Kier alpha value is -2.33. The van der Waals surface area contributed by atoms with Crippen LogP contribution in [0.25, 0.3) is 17.4 Å². The molecule has 1 aromatic heterocycles. The van der Waals surface area contributed by atoms with Gasteiger partial charge in [0.25, 0.3) is 5.91 Å². The molecule has 3 rings (SSSR count). The number of carboxylic acids is 2. The lowest BCUT2D eigenvalue weighted by Gasteiger charge is -2.21. The van der Waals surface area contributed by atoms with Gasteiger partial charge in [-0.1, -0.05) is 53.2 Å². The smallest absolute Gasteiger partial charge is 0.327 e. The second kappa shape index (κ2) is 8.58. The molecule has 0 radical (unpaired) electrons. The molecule has 0 unspecified atom stereocenters. The number of thiocarbonyl (C=S) groups is 1. The molecular formula is C18H11Cl2NO6S2. The third-order valence-electron chi connectivity index (χ3n) is 3.90. The van der Waals surface area contributed by atoms with Gasteiger partial charge in [0, 0.05) is 6.08 Å². The molecule has 1 saturated heterocycles. The molecule has 11 heteroatoms. The van der Waals surface area contributed by atoms with Gasteiger partial charge in [0.05, 0.1) is 26.9 Å². The van der Waals surface area contributed by atoms with Crippen LogP contribution in [0.5, 0.6) is 0 Å². The lowest BCUT2D eigenvalue weighted by atomic mass is 10.2. The van der Waals surface area contributed by atoms with Crippen molar-refractivity contribution < 1.29 is 29.0 Å². The fourth-order valence-corrected chi connectivity index (χ4v) is 4.55. The highest BCUT2D eigenvalue weighted by Crippen LogP contribution is 2.38. The van der Waals surface area contributed by atoms with Crippen molar-refractivity contribution in [1.29, 1.82) is 0 Å². The third kappa shape index (κ3) is 4.48. The van der Waals surface area contributed by atoms with E-state index in [9.17, 15) is 19.5 Å². The van der Waals surface area contributed by atoms with Crippen LogP contribution < -0.4 is 0 Å². The van der Waals surface area contributed by atoms with Crippen LogP contribution in [0.3, 0.4) is 0 Å². The Morgan fingerprint density at radius 3 is 2.45 bits per heavy atom. The Bertz CT molecular complexity index is 1040. The molecule has 2 aromatic rings. The molecule has 2 N–H and O–H groups in total. The maximum Gasteiger partial charge on any atom is 0.327 e. The Balaban J connectivity index is 1.90. The van der Waals surface area contributed by atoms with Gasteiger partial charge < -0.3 is 14.6 Å². The Kier molecular flexibility index (Phi) is 6.33. The van der Waals surface area contributed by atoms with Crippen molar-refractivity contribution in [3.63, 3.8) is 0 Å². The first-order valence-corrected chi connectivity index (χ1v) is 9.93. The van der Waals surface area contributed by atoms with Gasteiger partial charge in [-0.15, -0.1) is 0 Å². The average Bonchev–Trinajstić information content (AvgIpc) is 3.18. The maximum absolute atomic E-state index is 12.6. The summed E-state index contributed by atoms with van der Waals surface area (Å²) in [6.07, 6.45) is 0.623. The molecule has 1 aliphatic rings. The maximum atomic E-state index is 12.6. The summed E-state index contributed by atoms with van der Waals surface area (Å²) in [5.41, 5.74) is 0.496. The number of furan rings is 1. The minimum Gasteiger partial charge on any atom is -0.481 e. The van der Waals surface area contributed by atoms with Crippen LogP contribution in [0.1, 0.15) is 12.2 Å². The Morgan fingerprint density at radius 2 is 1.86 bits per heavy atom. The first kappa shape index (κ1) is 21.4. The first-order chi connectivity index (χ1) is 13.7. The SMILES string of the molecule is O=C(O)C[C@@H](C(=O)O)N1C(=O)/C(=C\c2ccc(-c3c(Cl)cccc3Cl)o2)SC1=S. The van der Waals surface area contributed by atoms with Crippen LogP contribution in [0.2, 0.25) is 10.0 Å². The van der Waals surface area contributed by atoms with E-state index in [2.05, 4.69) is 0 Å². The molecule has 7 nitrogen and oxygen atoms in total. The van der Waals surface area contributed by atoms with E-state index in [-0.39, 0.29) is 9.23 Å². The molecule has 1 aliphatic heterocycles. The topological polar surface area (TPSA) is 108 Å². The summed E-state index contributed by atoms with van der Waals surface area (Å²) < 4.78 is 5.66. The van der Waals surface area contributed by atoms with Gasteiger partial charge in [0.15, 0.2) is 0 Å². The molecule has 2 heterocycles. The number of nitrogens with zero attached hydrogens (tertiary/aromatic N) is 1. The van der Waals surface area contributed by atoms with Crippen molar-refractivity contribution >= 4 is 75.4 Å². The van der Waals surface area contributed by atoms with Gasteiger partial charge in [0.1, 0.15) is 21.9 Å². The number of benzene rings is 1. The van der Waals surface area contributed by atoms with Crippen LogP contribution in [-0.4, -0.2) is 43.3 Å². The van der Waals surface area contributed by atoms with E-state index >= 15 is 0 Å². The van der Waals surface area contributed by atoms with Gasteiger partial charge in [-0.3, -0.25) is 14.5 Å². The first-order valence-electron chi connectivity index (χ1n) is 7.95. The summed E-state index contributed by atoms with van der Waals surface area (Å²) >= 11 is 18.3. The van der Waals surface area contributed by atoms with E-state index < -0.39 is 30.3 Å². The lowest BCUT2D eigenvalue weighted by molar-refractivity contribution is -0.150. The summed E-state index contributed by atoms with van der Waals surface area (Å²) in [6, 6.07) is 6.63. The fourth-order valence-electron chi connectivity index (χ4n) is 2.63. The number of thioether (sulfide) groups is 1. The third-order valence-corrected chi connectivity index (χ3v) is 5.86. The van der Waals surface area contributed by atoms with Gasteiger partial charge >= 0.3 is 11.9 Å². The number of halogens is 2. The molecule has 0 spiro atoms. The molecule has 1 amide bonds. The standard InChI is InChI=1S/C18H11Cl2NO6S2/c19-9-2-1-3-10(20)15(9)12-5-4-8(27-12)6-13-16(24)21(18(28)29-13)11(17(25)26)7-14(22)23/h1-6,11H,7H2,(H,22,23)(H,25,26)/b13-6+/t11-/m0/s1. The average molecular weight is 472 g/mol. The molecule has 1 fully saturated rings. The van der Waals surface area contributed by atoms with Crippen LogP contribution in [0.15, 0.2) is 39.7 Å². The van der Waals surface area contributed by atoms with Gasteiger partial charge in [-0.05, 0) is 24.3 Å². The van der Waals surface area contributed by atoms with Crippen LogP contribution in [0, 0.1) is 0 Å². The van der Waals surface area contributed by atoms with Crippen molar-refractivity contribution in [2.45, 2.75) is 12.5 Å². The van der Waals surface area contributed by atoms with E-state index in [4.69, 9.17) is 44.9 Å². The highest BCUT2D eigenvalue weighted by atomic mass is 35.5. The van der Waals surface area contributed by atoms with Crippen molar-refractivity contribution in [1.82, 2.24) is 4.90 Å². The van der Waals surface area contributed by atoms with E-state index in [1.54, 1.807) is 30.3 Å². The number of amides is 1. The minimum absolute atomic E-state index is 0.0455. The summed E-state index contributed by atoms with van der Waals surface area (Å²) in [6.45, 7) is 0. The molecule has 29 heavy (non-hydrogen) atoms. The predicted molar refractivity (Wildman–Crippen MR) is 113 cm³/mol. The summed E-state index contributed by atoms with van der Waals surface area (Å²) in [7, 11) is 0. The summed E-state index contributed by atoms with van der Waals surface area (Å²) in [5, 5.41) is 19.0. The quantitative estimate of drug-likeness (QED) is 0.471. The van der Waals surface area contributed by atoms with E-state index in [0.717, 1.165) is 16.7 Å². The molecular weight excluding hydrogens is 461 g/mol. The second-order valence-corrected chi connectivity index (χ2v) is 8.29. The predicted octanol–water partition coefficient (Wildman–Crippen LogP) is 4.38. The van der Waals surface area contributed by atoms with Crippen LogP contribution >= 0.6 is 47.2 Å². The van der Waals surface area contributed by atoms with Crippen molar-refractivity contribution in [3.8, 4) is 11.3 Å². The summed E-state index contributed by atoms with van der Waals surface area (Å²) in [5.74, 6) is -2.85. The lowest BCUT2D eigenvalue weighted by Crippen LogP contribution is -2.45. The molecule has 0 aliphatic carbocycles. The van der Waals surface area contributed by atoms with Crippen molar-refractivity contribution in [2.24, 2.45) is 0 Å². The van der Waals surface area contributed by atoms with E-state index in [1.807, 2.05) is 0 Å². The van der Waals surface area contributed by atoms with Gasteiger partial charge in [0.2, 0.25) is 0 Å². The van der Waals surface area contributed by atoms with Crippen molar-refractivity contribution in [2.75, 3.05) is 0 Å². The molecule has 150 valence electrons. The zero-order valence-corrected chi connectivity index (χ0v) is 17.4. The number of carboxylic acid groups (broad SMARTS) is 2. The number of aliphatic carboxylic acids is 2. The largest absolute Gasteiger partial charge is 0.481 e. The number of rotatable bonds is 6. The highest BCUT2D eigenvalue weighted by Gasteiger charge is 2.41. The normalized spacial score (nSPS) is 16.5. The fraction of sp³-hybridized carbons (Fsp3) is 0.111. The summed E-state index contributed by atoms with van der Waals surface area (Å²) in [4.78, 5) is 35.9. The van der Waals surface area contributed by atoms with E-state index in [1.165, 1.54) is 6.08 Å². The zero-order valence-electron chi connectivity index (χ0n) is 14.3. The second-order valence-electron chi connectivity index (χ2n) is 5.80. The minimum atomic E-state index is -1.60. The van der Waals surface area contributed by atoms with Gasteiger partial charge in [-0.25, -0.2) is 4.79 Å². The molecule has 0 saturated carbocycles. The monoisotopic (exact) mass is 471 g/mol. The number of carbonyl (C=O) groups excluding carboxylic acids is 1. The highest BCUT2D eigenvalue weighted by molar-refractivity contribution is 8.26. The molecule has 0 bridgehead atoms.